The average Bonchev–Trinajstić information content (AvgIpc) is 2.99. The molecule has 0 aliphatic heterocycles. The van der Waals surface area contributed by atoms with Crippen LogP contribution in [0.25, 0.3) is 0 Å². The molecule has 0 saturated carbocycles. The molecule has 136 valence electrons. The van der Waals surface area contributed by atoms with Crippen molar-refractivity contribution in [2.45, 2.75) is 45.0 Å². The van der Waals surface area contributed by atoms with E-state index in [9.17, 15) is 13.2 Å². The van der Waals surface area contributed by atoms with Gasteiger partial charge < -0.3 is 5.32 Å². The standard InChI is InChI=1S/C16H23N5O3S/c1-3-4-10-21-15(18-19-20-21)11-25(23,24)12-16(22)17-13(2)14-8-6-5-7-9-14/h5-9,13H,3-4,10-12H2,1-2H3,(H,17,22). The lowest BCUT2D eigenvalue weighted by molar-refractivity contribution is -0.119. The van der Waals surface area contributed by atoms with Crippen LogP contribution in [0.15, 0.2) is 30.3 Å². The van der Waals surface area contributed by atoms with Gasteiger partial charge in [0.1, 0.15) is 11.5 Å². The zero-order valence-corrected chi connectivity index (χ0v) is 15.2. The Hall–Kier alpha value is -2.29. The number of rotatable bonds is 9. The molecule has 1 amide bonds. The van der Waals surface area contributed by atoms with Gasteiger partial charge in [-0.1, -0.05) is 43.7 Å². The fourth-order valence-corrected chi connectivity index (χ4v) is 3.55. The van der Waals surface area contributed by atoms with E-state index in [0.29, 0.717) is 6.54 Å². The van der Waals surface area contributed by atoms with Gasteiger partial charge in [-0.2, -0.15) is 0 Å². The van der Waals surface area contributed by atoms with Crippen LogP contribution >= 0.6 is 0 Å². The van der Waals surface area contributed by atoms with Gasteiger partial charge in [-0.3, -0.25) is 4.79 Å². The highest BCUT2D eigenvalue weighted by atomic mass is 32.2. The van der Waals surface area contributed by atoms with Crippen LogP contribution in [0.1, 0.15) is 44.1 Å². The SMILES string of the molecule is CCCCn1nnnc1CS(=O)(=O)CC(=O)NC(C)c1ccccc1. The zero-order chi connectivity index (χ0) is 18.3. The Morgan fingerprint density at radius 2 is 2.00 bits per heavy atom. The van der Waals surface area contributed by atoms with E-state index in [4.69, 9.17) is 0 Å². The molecule has 1 heterocycles. The van der Waals surface area contributed by atoms with Crippen LogP contribution in [-0.4, -0.2) is 40.3 Å². The third kappa shape index (κ3) is 5.93. The highest BCUT2D eigenvalue weighted by Gasteiger charge is 2.22. The van der Waals surface area contributed by atoms with Crippen molar-refractivity contribution in [3.05, 3.63) is 41.7 Å². The van der Waals surface area contributed by atoms with Crippen molar-refractivity contribution < 1.29 is 13.2 Å². The number of carbonyl (C=O) groups is 1. The van der Waals surface area contributed by atoms with Gasteiger partial charge in [0, 0.05) is 6.54 Å². The first-order valence-corrected chi connectivity index (χ1v) is 10.0. The van der Waals surface area contributed by atoms with E-state index < -0.39 is 21.5 Å². The molecule has 0 radical (unpaired) electrons. The summed E-state index contributed by atoms with van der Waals surface area (Å²) in [6, 6.07) is 9.10. The Bertz CT molecular complexity index is 789. The number of aromatic nitrogens is 4. The number of benzene rings is 1. The normalized spacial score (nSPS) is 12.7. The van der Waals surface area contributed by atoms with Crippen molar-refractivity contribution in [3.8, 4) is 0 Å². The minimum Gasteiger partial charge on any atom is -0.349 e. The van der Waals surface area contributed by atoms with Gasteiger partial charge >= 0.3 is 0 Å². The maximum atomic E-state index is 12.3. The minimum atomic E-state index is -3.65. The molecule has 1 N–H and O–H groups in total. The minimum absolute atomic E-state index is 0.261. The summed E-state index contributed by atoms with van der Waals surface area (Å²) in [7, 11) is -3.65. The molecule has 0 aliphatic rings. The Balaban J connectivity index is 1.94. The second-order valence-electron chi connectivity index (χ2n) is 5.90. The maximum Gasteiger partial charge on any atom is 0.235 e. The van der Waals surface area contributed by atoms with Crippen LogP contribution in [0.4, 0.5) is 0 Å². The smallest absolute Gasteiger partial charge is 0.235 e. The van der Waals surface area contributed by atoms with Gasteiger partial charge in [0.2, 0.25) is 5.91 Å². The Kier molecular flexibility index (Phi) is 6.63. The number of nitrogens with one attached hydrogen (secondary N) is 1. The largest absolute Gasteiger partial charge is 0.349 e. The third-order valence-electron chi connectivity index (χ3n) is 3.71. The molecule has 2 aromatic rings. The molecule has 0 fully saturated rings. The molecule has 0 spiro atoms. The number of hydrogen-bond acceptors (Lipinski definition) is 6. The highest BCUT2D eigenvalue weighted by molar-refractivity contribution is 7.91. The Morgan fingerprint density at radius 3 is 2.68 bits per heavy atom. The molecule has 8 nitrogen and oxygen atoms in total. The Morgan fingerprint density at radius 1 is 1.28 bits per heavy atom. The second kappa shape index (κ2) is 8.70. The van der Waals surface area contributed by atoms with Crippen molar-refractivity contribution in [1.29, 1.82) is 0 Å². The predicted molar refractivity (Wildman–Crippen MR) is 93.2 cm³/mol. The van der Waals surface area contributed by atoms with E-state index in [1.165, 1.54) is 4.68 Å². The number of unbranched alkanes of at least 4 members (excludes halogenated alkanes) is 1. The molecule has 9 heteroatoms. The van der Waals surface area contributed by atoms with Crippen molar-refractivity contribution in [3.63, 3.8) is 0 Å². The van der Waals surface area contributed by atoms with Crippen molar-refractivity contribution >= 4 is 15.7 Å². The molecule has 1 atom stereocenters. The number of nitrogens with zero attached hydrogens (tertiary/aromatic N) is 4. The first-order chi connectivity index (χ1) is 11.9. The highest BCUT2D eigenvalue weighted by Crippen LogP contribution is 2.11. The lowest BCUT2D eigenvalue weighted by Crippen LogP contribution is -2.33. The molecule has 25 heavy (non-hydrogen) atoms. The molecule has 1 aromatic carbocycles. The van der Waals surface area contributed by atoms with Gasteiger partial charge in [-0.25, -0.2) is 13.1 Å². The number of aryl methyl sites for hydroxylation is 1. The van der Waals surface area contributed by atoms with E-state index in [2.05, 4.69) is 20.8 Å². The van der Waals surface area contributed by atoms with Crippen LogP contribution in [0, 0.1) is 0 Å². The van der Waals surface area contributed by atoms with Crippen LogP contribution in [-0.2, 0) is 26.9 Å². The lowest BCUT2D eigenvalue weighted by atomic mass is 10.1. The third-order valence-corrected chi connectivity index (χ3v) is 5.11. The number of sulfone groups is 1. The Labute approximate surface area is 147 Å². The second-order valence-corrected chi connectivity index (χ2v) is 7.97. The summed E-state index contributed by atoms with van der Waals surface area (Å²) in [6.07, 6.45) is 1.80. The van der Waals surface area contributed by atoms with E-state index in [1.807, 2.05) is 44.2 Å². The van der Waals surface area contributed by atoms with Gasteiger partial charge in [0.05, 0.1) is 6.04 Å². The van der Waals surface area contributed by atoms with E-state index in [-0.39, 0.29) is 17.6 Å². The summed E-state index contributed by atoms with van der Waals surface area (Å²) in [5.74, 6) is -1.22. The van der Waals surface area contributed by atoms with Gasteiger partial charge in [-0.05, 0) is 29.3 Å². The predicted octanol–water partition coefficient (Wildman–Crippen LogP) is 1.27. The zero-order valence-electron chi connectivity index (χ0n) is 14.4. The molecule has 0 aliphatic carbocycles. The fraction of sp³-hybridized carbons (Fsp3) is 0.500. The summed E-state index contributed by atoms with van der Waals surface area (Å²) < 4.78 is 26.0. The van der Waals surface area contributed by atoms with Gasteiger partial charge in [-0.15, -0.1) is 5.10 Å². The summed E-state index contributed by atoms with van der Waals surface area (Å²) >= 11 is 0. The van der Waals surface area contributed by atoms with Gasteiger partial charge in [0.15, 0.2) is 15.7 Å². The fourth-order valence-electron chi connectivity index (χ4n) is 2.36. The molecular formula is C16H23N5O3S. The quantitative estimate of drug-likeness (QED) is 0.717. The molecule has 1 unspecified atom stereocenters. The number of carbonyl (C=O) groups excluding carboxylic acids is 1. The first kappa shape index (κ1) is 19.0. The van der Waals surface area contributed by atoms with E-state index >= 15 is 0 Å². The number of tetrazole rings is 1. The molecular weight excluding hydrogens is 342 g/mol. The molecule has 1 aromatic heterocycles. The van der Waals surface area contributed by atoms with Crippen LogP contribution in [0.3, 0.4) is 0 Å². The van der Waals surface area contributed by atoms with Crippen molar-refractivity contribution in [1.82, 2.24) is 25.5 Å². The van der Waals surface area contributed by atoms with E-state index in [1.54, 1.807) is 0 Å². The summed E-state index contributed by atoms with van der Waals surface area (Å²) in [6.45, 7) is 4.40. The van der Waals surface area contributed by atoms with Gasteiger partial charge in [0.25, 0.3) is 0 Å². The topological polar surface area (TPSA) is 107 Å². The molecule has 0 bridgehead atoms. The number of hydrogen-bond donors (Lipinski definition) is 1. The summed E-state index contributed by atoms with van der Waals surface area (Å²) in [5.41, 5.74) is 0.914. The molecule has 2 rings (SSSR count). The average molecular weight is 365 g/mol. The van der Waals surface area contributed by atoms with Crippen LogP contribution < -0.4 is 5.32 Å². The first-order valence-electron chi connectivity index (χ1n) is 8.21. The van der Waals surface area contributed by atoms with Crippen molar-refractivity contribution in [2.24, 2.45) is 0 Å². The van der Waals surface area contributed by atoms with Crippen LogP contribution in [0.5, 0.6) is 0 Å². The summed E-state index contributed by atoms with van der Waals surface area (Å²) in [5, 5.41) is 13.8. The molecule has 0 saturated heterocycles. The lowest BCUT2D eigenvalue weighted by Gasteiger charge is -2.14. The number of amides is 1. The van der Waals surface area contributed by atoms with Crippen LogP contribution in [0.2, 0.25) is 0 Å². The maximum absolute atomic E-state index is 12.3. The summed E-state index contributed by atoms with van der Waals surface area (Å²) in [4.78, 5) is 12.1. The van der Waals surface area contributed by atoms with Crippen molar-refractivity contribution in [2.75, 3.05) is 5.75 Å². The monoisotopic (exact) mass is 365 g/mol. The van der Waals surface area contributed by atoms with E-state index in [0.717, 1.165) is 18.4 Å².